The van der Waals surface area contributed by atoms with E-state index >= 15 is 0 Å². The number of fused-ring (bicyclic) bond motifs is 1. The van der Waals surface area contributed by atoms with E-state index in [2.05, 4.69) is 5.32 Å². The molecule has 1 N–H and O–H groups in total. The number of nitrogens with zero attached hydrogens (tertiary/aromatic N) is 1. The van der Waals surface area contributed by atoms with E-state index in [1.165, 1.54) is 4.90 Å². The lowest BCUT2D eigenvalue weighted by molar-refractivity contribution is -0.137. The summed E-state index contributed by atoms with van der Waals surface area (Å²) >= 11 is 0. The van der Waals surface area contributed by atoms with E-state index in [1.54, 1.807) is 0 Å². The number of imide groups is 1. The van der Waals surface area contributed by atoms with E-state index in [0.717, 1.165) is 44.3 Å². The Balaban J connectivity index is 1.60. The molecule has 0 unspecified atom stereocenters. The molecule has 4 nitrogen and oxygen atoms in total. The maximum absolute atomic E-state index is 13.7. The number of nitrogens with one attached hydrogen (secondary N) is 1. The number of rotatable bonds is 5. The van der Waals surface area contributed by atoms with Crippen LogP contribution in [0.1, 0.15) is 27.8 Å². The summed E-state index contributed by atoms with van der Waals surface area (Å²) < 4.78 is 0. The number of carbonyl (C=O) groups is 2. The molecular weight excluding hydrogens is 420 g/mol. The lowest BCUT2D eigenvalue weighted by Gasteiger charge is -2.16. The molecule has 1 aliphatic rings. The van der Waals surface area contributed by atoms with Gasteiger partial charge in [-0.3, -0.25) is 14.5 Å². The number of hydrogen-bond donors (Lipinski definition) is 1. The van der Waals surface area contributed by atoms with E-state index in [4.69, 9.17) is 0 Å². The number of benzene rings is 4. The van der Waals surface area contributed by atoms with Crippen LogP contribution in [-0.2, 0) is 16.1 Å². The quantitative estimate of drug-likeness (QED) is 0.374. The molecule has 0 aliphatic carbocycles. The molecule has 2 amide bonds. The Bertz CT molecular complexity index is 1460. The van der Waals surface area contributed by atoms with Gasteiger partial charge in [0.15, 0.2) is 0 Å². The zero-order valence-electron chi connectivity index (χ0n) is 19.6. The molecule has 4 heteroatoms. The van der Waals surface area contributed by atoms with Gasteiger partial charge in [0.1, 0.15) is 5.70 Å². The van der Waals surface area contributed by atoms with Gasteiger partial charge in [-0.15, -0.1) is 0 Å². The lowest BCUT2D eigenvalue weighted by atomic mass is 9.99. The molecule has 0 fully saturated rings. The Kier molecular flexibility index (Phi) is 5.50. The molecule has 0 bridgehead atoms. The minimum atomic E-state index is -0.313. The van der Waals surface area contributed by atoms with Gasteiger partial charge in [-0.1, -0.05) is 84.4 Å². The highest BCUT2D eigenvalue weighted by atomic mass is 16.2. The SMILES string of the molecule is Cc1ccc(CN2C(=O)C(Nc3cccc4ccccc34)=C(c3ccc(C)c(C)c3)C2=O)cc1. The van der Waals surface area contributed by atoms with Gasteiger partial charge in [-0.2, -0.15) is 0 Å². The molecule has 0 saturated heterocycles. The van der Waals surface area contributed by atoms with Gasteiger partial charge in [0, 0.05) is 11.1 Å². The summed E-state index contributed by atoms with van der Waals surface area (Å²) in [5, 5.41) is 5.40. The predicted octanol–water partition coefficient (Wildman–Crippen LogP) is 6.16. The minimum absolute atomic E-state index is 0.229. The van der Waals surface area contributed by atoms with Crippen molar-refractivity contribution in [3.63, 3.8) is 0 Å². The van der Waals surface area contributed by atoms with Crippen molar-refractivity contribution in [2.24, 2.45) is 0 Å². The van der Waals surface area contributed by atoms with Crippen molar-refractivity contribution < 1.29 is 9.59 Å². The Morgan fingerprint density at radius 2 is 1.47 bits per heavy atom. The van der Waals surface area contributed by atoms with E-state index in [0.29, 0.717) is 11.3 Å². The fourth-order valence-corrected chi connectivity index (χ4v) is 4.35. The third-order valence-corrected chi connectivity index (χ3v) is 6.47. The maximum atomic E-state index is 13.7. The number of carbonyl (C=O) groups excluding carboxylic acids is 2. The summed E-state index contributed by atoms with van der Waals surface area (Å²) in [6.07, 6.45) is 0. The molecule has 0 saturated carbocycles. The fraction of sp³-hybridized carbons (Fsp3) is 0.133. The summed E-state index contributed by atoms with van der Waals surface area (Å²) in [7, 11) is 0. The van der Waals surface area contributed by atoms with Crippen molar-refractivity contribution in [2.75, 3.05) is 5.32 Å². The van der Waals surface area contributed by atoms with Crippen molar-refractivity contribution in [3.05, 3.63) is 118 Å². The first kappa shape index (κ1) is 21.7. The second kappa shape index (κ2) is 8.64. The summed E-state index contributed by atoms with van der Waals surface area (Å²) in [6.45, 7) is 6.30. The zero-order valence-corrected chi connectivity index (χ0v) is 19.6. The fourth-order valence-electron chi connectivity index (χ4n) is 4.35. The van der Waals surface area contributed by atoms with Crippen LogP contribution in [0.2, 0.25) is 0 Å². The highest BCUT2D eigenvalue weighted by molar-refractivity contribution is 6.36. The van der Waals surface area contributed by atoms with Crippen LogP contribution in [0.15, 0.2) is 90.6 Å². The highest BCUT2D eigenvalue weighted by Gasteiger charge is 2.39. The molecule has 0 spiro atoms. The van der Waals surface area contributed by atoms with E-state index in [-0.39, 0.29) is 18.4 Å². The largest absolute Gasteiger partial charge is 0.350 e. The second-order valence-electron chi connectivity index (χ2n) is 8.88. The summed E-state index contributed by atoms with van der Waals surface area (Å²) in [5.74, 6) is -0.594. The molecule has 0 aromatic heterocycles. The standard InChI is InChI=1S/C30H26N2O2/c1-19-11-14-22(15-12-19)18-32-29(33)27(24-16-13-20(2)21(3)17-24)28(30(32)34)31-26-10-6-8-23-7-4-5-9-25(23)26/h4-17,31H,18H2,1-3H3. The van der Waals surface area contributed by atoms with Crippen molar-refractivity contribution in [1.82, 2.24) is 4.90 Å². The van der Waals surface area contributed by atoms with Gasteiger partial charge in [-0.05, 0) is 54.5 Å². The van der Waals surface area contributed by atoms with Gasteiger partial charge in [-0.25, -0.2) is 0 Å². The van der Waals surface area contributed by atoms with Crippen LogP contribution in [0, 0.1) is 20.8 Å². The maximum Gasteiger partial charge on any atom is 0.278 e. The molecule has 4 aromatic carbocycles. The van der Waals surface area contributed by atoms with Crippen molar-refractivity contribution in [1.29, 1.82) is 0 Å². The Labute approximate surface area is 199 Å². The first-order chi connectivity index (χ1) is 16.4. The van der Waals surface area contributed by atoms with E-state index in [9.17, 15) is 9.59 Å². The minimum Gasteiger partial charge on any atom is -0.350 e. The monoisotopic (exact) mass is 446 g/mol. The molecule has 0 atom stereocenters. The van der Waals surface area contributed by atoms with Crippen molar-refractivity contribution in [2.45, 2.75) is 27.3 Å². The van der Waals surface area contributed by atoms with Crippen molar-refractivity contribution >= 4 is 33.8 Å². The third kappa shape index (κ3) is 3.88. The van der Waals surface area contributed by atoms with Crippen LogP contribution in [0.5, 0.6) is 0 Å². The van der Waals surface area contributed by atoms with Gasteiger partial charge >= 0.3 is 0 Å². The topological polar surface area (TPSA) is 49.4 Å². The number of hydrogen-bond acceptors (Lipinski definition) is 3. The average Bonchev–Trinajstić information content (AvgIpc) is 3.06. The molecule has 168 valence electrons. The smallest absolute Gasteiger partial charge is 0.278 e. The summed E-state index contributed by atoms with van der Waals surface area (Å²) in [4.78, 5) is 28.6. The Hall–Kier alpha value is -4.18. The predicted molar refractivity (Wildman–Crippen MR) is 137 cm³/mol. The molecule has 1 aliphatic heterocycles. The normalized spacial score (nSPS) is 13.8. The average molecular weight is 447 g/mol. The van der Waals surface area contributed by atoms with Crippen LogP contribution in [0.25, 0.3) is 16.3 Å². The van der Waals surface area contributed by atoms with Gasteiger partial charge < -0.3 is 5.32 Å². The first-order valence-corrected chi connectivity index (χ1v) is 11.4. The molecular formula is C30H26N2O2. The van der Waals surface area contributed by atoms with Gasteiger partial charge in [0.05, 0.1) is 12.1 Å². The third-order valence-electron chi connectivity index (χ3n) is 6.47. The molecule has 5 rings (SSSR count). The molecule has 4 aromatic rings. The number of amides is 2. The second-order valence-corrected chi connectivity index (χ2v) is 8.88. The number of aryl methyl sites for hydroxylation is 3. The Morgan fingerprint density at radius 3 is 2.24 bits per heavy atom. The van der Waals surface area contributed by atoms with Crippen molar-refractivity contribution in [3.8, 4) is 0 Å². The van der Waals surface area contributed by atoms with Crippen LogP contribution < -0.4 is 5.32 Å². The van der Waals surface area contributed by atoms with Gasteiger partial charge in [0.2, 0.25) is 0 Å². The summed E-state index contributed by atoms with van der Waals surface area (Å²) in [6, 6.07) is 27.7. The van der Waals surface area contributed by atoms with E-state index in [1.807, 2.05) is 106 Å². The van der Waals surface area contributed by atoms with Crippen LogP contribution in [0.4, 0.5) is 5.69 Å². The van der Waals surface area contributed by atoms with E-state index < -0.39 is 0 Å². The molecule has 1 heterocycles. The van der Waals surface area contributed by atoms with Crippen LogP contribution >= 0.6 is 0 Å². The van der Waals surface area contributed by atoms with Gasteiger partial charge in [0.25, 0.3) is 11.8 Å². The number of anilines is 1. The first-order valence-electron chi connectivity index (χ1n) is 11.4. The zero-order chi connectivity index (χ0) is 23.8. The Morgan fingerprint density at radius 1 is 0.735 bits per heavy atom. The van der Waals surface area contributed by atoms with Crippen LogP contribution in [0.3, 0.4) is 0 Å². The van der Waals surface area contributed by atoms with Crippen LogP contribution in [-0.4, -0.2) is 16.7 Å². The molecule has 34 heavy (non-hydrogen) atoms. The highest BCUT2D eigenvalue weighted by Crippen LogP contribution is 2.34. The molecule has 0 radical (unpaired) electrons. The lowest BCUT2D eigenvalue weighted by Crippen LogP contribution is -2.32. The summed E-state index contributed by atoms with van der Waals surface area (Å²) in [5.41, 5.74) is 6.54.